The molecule has 0 bridgehead atoms. The fourth-order valence-corrected chi connectivity index (χ4v) is 1.52. The Morgan fingerprint density at radius 3 is 2.88 bits per heavy atom. The van der Waals surface area contributed by atoms with Crippen LogP contribution in [0.4, 0.5) is 5.69 Å². The first kappa shape index (κ1) is 10.6. The quantitative estimate of drug-likeness (QED) is 0.773. The maximum atomic E-state index is 10.8. The third-order valence-corrected chi connectivity index (χ3v) is 2.31. The van der Waals surface area contributed by atoms with Crippen LogP contribution in [0.15, 0.2) is 21.5 Å². The molecule has 2 rings (SSSR count). The van der Waals surface area contributed by atoms with Crippen molar-refractivity contribution in [3.05, 3.63) is 27.7 Å². The van der Waals surface area contributed by atoms with Crippen LogP contribution in [-0.2, 0) is 0 Å². The third-order valence-electron chi connectivity index (χ3n) is 2.02. The Morgan fingerprint density at radius 1 is 1.56 bits per heavy atom. The molecule has 0 saturated carbocycles. The smallest absolute Gasteiger partial charge is 0.439 e. The van der Waals surface area contributed by atoms with Gasteiger partial charge in [-0.1, -0.05) is 16.8 Å². The molecular formula is C9H8ClN3O3. The molecule has 0 atom stereocenters. The number of nitrogens with two attached hydrogens (primary N) is 1. The molecule has 84 valence electrons. The van der Waals surface area contributed by atoms with Gasteiger partial charge in [0.05, 0.1) is 12.1 Å². The van der Waals surface area contributed by atoms with Crippen molar-refractivity contribution in [2.24, 2.45) is 0 Å². The lowest BCUT2D eigenvalue weighted by molar-refractivity contribution is 0.388. The van der Waals surface area contributed by atoms with Gasteiger partial charge in [0.1, 0.15) is 5.75 Å². The summed E-state index contributed by atoms with van der Waals surface area (Å²) < 4.78 is 9.37. The Morgan fingerprint density at radius 2 is 2.31 bits per heavy atom. The number of nitrogens with zero attached hydrogens (tertiary/aromatic N) is 1. The fraction of sp³-hybridized carbons (Fsp3) is 0.111. The summed E-state index contributed by atoms with van der Waals surface area (Å²) in [5.41, 5.74) is 6.63. The Balaban J connectivity index is 2.58. The molecule has 0 fully saturated rings. The van der Waals surface area contributed by atoms with E-state index in [0.717, 1.165) is 0 Å². The van der Waals surface area contributed by atoms with E-state index in [1.807, 2.05) is 0 Å². The first-order valence-corrected chi connectivity index (χ1v) is 4.69. The lowest BCUT2D eigenvalue weighted by atomic mass is 10.1. The number of benzene rings is 1. The summed E-state index contributed by atoms with van der Waals surface area (Å²) >= 11 is 5.93. The molecule has 0 spiro atoms. The zero-order chi connectivity index (χ0) is 11.7. The highest BCUT2D eigenvalue weighted by atomic mass is 35.5. The van der Waals surface area contributed by atoms with E-state index in [1.54, 1.807) is 12.1 Å². The number of methoxy groups -OCH3 is 1. The van der Waals surface area contributed by atoms with Crippen LogP contribution in [0.5, 0.6) is 5.75 Å². The molecule has 0 aliphatic heterocycles. The van der Waals surface area contributed by atoms with Gasteiger partial charge in [0.2, 0.25) is 0 Å². The van der Waals surface area contributed by atoms with E-state index in [2.05, 4.69) is 14.7 Å². The van der Waals surface area contributed by atoms with Gasteiger partial charge in [0.25, 0.3) is 0 Å². The third kappa shape index (κ3) is 1.74. The molecule has 1 aromatic carbocycles. The number of H-pyrrole nitrogens is 1. The van der Waals surface area contributed by atoms with Gasteiger partial charge in [0, 0.05) is 17.3 Å². The highest BCUT2D eigenvalue weighted by Crippen LogP contribution is 2.33. The lowest BCUT2D eigenvalue weighted by Gasteiger charge is -2.07. The van der Waals surface area contributed by atoms with Crippen molar-refractivity contribution in [1.82, 2.24) is 10.1 Å². The highest BCUT2D eigenvalue weighted by Gasteiger charge is 2.12. The number of nitrogens with one attached hydrogen (secondary N) is 1. The molecule has 0 saturated heterocycles. The number of aromatic nitrogens is 2. The molecule has 1 heterocycles. The molecule has 2 aromatic rings. The van der Waals surface area contributed by atoms with Crippen LogP contribution in [0, 0.1) is 0 Å². The van der Waals surface area contributed by atoms with Crippen molar-refractivity contribution in [2.45, 2.75) is 0 Å². The SMILES string of the molecule is COc1cc(N)c(-c2noc(=O)[nH]2)cc1Cl. The van der Waals surface area contributed by atoms with Crippen molar-refractivity contribution in [3.63, 3.8) is 0 Å². The van der Waals surface area contributed by atoms with E-state index in [9.17, 15) is 4.79 Å². The molecule has 0 amide bonds. The minimum Gasteiger partial charge on any atom is -0.495 e. The number of anilines is 1. The Hall–Kier alpha value is -1.95. The number of aromatic amines is 1. The van der Waals surface area contributed by atoms with Gasteiger partial charge in [-0.25, -0.2) is 4.79 Å². The van der Waals surface area contributed by atoms with Gasteiger partial charge in [-0.2, -0.15) is 0 Å². The molecule has 0 unspecified atom stereocenters. The van der Waals surface area contributed by atoms with Gasteiger partial charge in [0.15, 0.2) is 5.82 Å². The number of rotatable bonds is 2. The van der Waals surface area contributed by atoms with Crippen molar-refractivity contribution in [3.8, 4) is 17.1 Å². The fourth-order valence-electron chi connectivity index (χ4n) is 1.28. The second-order valence-corrected chi connectivity index (χ2v) is 3.42. The van der Waals surface area contributed by atoms with Crippen LogP contribution < -0.4 is 16.2 Å². The van der Waals surface area contributed by atoms with Crippen LogP contribution in [0.1, 0.15) is 0 Å². The zero-order valence-corrected chi connectivity index (χ0v) is 9.04. The summed E-state index contributed by atoms with van der Waals surface area (Å²) in [6, 6.07) is 3.09. The highest BCUT2D eigenvalue weighted by molar-refractivity contribution is 6.32. The average Bonchev–Trinajstić information content (AvgIpc) is 2.67. The van der Waals surface area contributed by atoms with E-state index in [-0.39, 0.29) is 5.82 Å². The second-order valence-electron chi connectivity index (χ2n) is 3.02. The first-order chi connectivity index (χ1) is 7.61. The standard InChI is InChI=1S/C9H8ClN3O3/c1-15-7-3-6(11)4(2-5(7)10)8-12-9(14)16-13-8/h2-3H,11H2,1H3,(H,12,13,14). The van der Waals surface area contributed by atoms with Crippen molar-refractivity contribution in [1.29, 1.82) is 0 Å². The number of halogens is 1. The molecule has 7 heteroatoms. The predicted molar refractivity (Wildman–Crippen MR) is 58.5 cm³/mol. The van der Waals surface area contributed by atoms with Crippen LogP contribution in [0.3, 0.4) is 0 Å². The summed E-state index contributed by atoms with van der Waals surface area (Å²) in [6.45, 7) is 0. The maximum Gasteiger partial charge on any atom is 0.439 e. The van der Waals surface area contributed by atoms with Gasteiger partial charge >= 0.3 is 5.76 Å². The van der Waals surface area contributed by atoms with Crippen LogP contribution in [0.2, 0.25) is 5.02 Å². The zero-order valence-electron chi connectivity index (χ0n) is 8.28. The van der Waals surface area contributed by atoms with E-state index in [4.69, 9.17) is 22.1 Å². The molecule has 0 radical (unpaired) electrons. The summed E-state index contributed by atoms with van der Waals surface area (Å²) in [5.74, 6) is 0.0298. The van der Waals surface area contributed by atoms with E-state index in [1.165, 1.54) is 7.11 Å². The topological polar surface area (TPSA) is 94.1 Å². The monoisotopic (exact) mass is 241 g/mol. The molecule has 6 nitrogen and oxygen atoms in total. The van der Waals surface area contributed by atoms with E-state index in [0.29, 0.717) is 22.0 Å². The maximum absolute atomic E-state index is 10.8. The molecule has 0 aliphatic rings. The van der Waals surface area contributed by atoms with Crippen LogP contribution in [-0.4, -0.2) is 17.3 Å². The van der Waals surface area contributed by atoms with Gasteiger partial charge in [-0.05, 0) is 6.07 Å². The van der Waals surface area contributed by atoms with Crippen molar-refractivity contribution < 1.29 is 9.26 Å². The number of hydrogen-bond acceptors (Lipinski definition) is 5. The molecule has 3 N–H and O–H groups in total. The van der Waals surface area contributed by atoms with Gasteiger partial charge in [-0.15, -0.1) is 0 Å². The lowest BCUT2D eigenvalue weighted by Crippen LogP contribution is -1.97. The van der Waals surface area contributed by atoms with Crippen LogP contribution >= 0.6 is 11.6 Å². The van der Waals surface area contributed by atoms with Gasteiger partial charge in [-0.3, -0.25) is 9.51 Å². The Bertz CT molecular complexity index is 576. The minimum atomic E-state index is -0.652. The second kappa shape index (κ2) is 3.90. The molecular weight excluding hydrogens is 234 g/mol. The number of hydrogen-bond donors (Lipinski definition) is 2. The summed E-state index contributed by atoms with van der Waals surface area (Å²) in [5, 5.41) is 3.89. The van der Waals surface area contributed by atoms with E-state index < -0.39 is 5.76 Å². The Labute approximate surface area is 95.0 Å². The number of nitrogen functional groups attached to an aromatic ring is 1. The average molecular weight is 242 g/mol. The largest absolute Gasteiger partial charge is 0.495 e. The van der Waals surface area contributed by atoms with Crippen LogP contribution in [0.25, 0.3) is 11.4 Å². The summed E-state index contributed by atoms with van der Waals surface area (Å²) in [7, 11) is 1.48. The Kier molecular flexibility index (Phi) is 2.57. The predicted octanol–water partition coefficient (Wildman–Crippen LogP) is 1.27. The number of ether oxygens (including phenoxy) is 1. The minimum absolute atomic E-state index is 0.229. The van der Waals surface area contributed by atoms with Gasteiger partial charge < -0.3 is 10.5 Å². The van der Waals surface area contributed by atoms with Crippen molar-refractivity contribution >= 4 is 17.3 Å². The van der Waals surface area contributed by atoms with E-state index >= 15 is 0 Å². The molecule has 1 aromatic heterocycles. The van der Waals surface area contributed by atoms with Crippen molar-refractivity contribution in [2.75, 3.05) is 12.8 Å². The summed E-state index contributed by atoms with van der Waals surface area (Å²) in [4.78, 5) is 13.2. The molecule has 16 heavy (non-hydrogen) atoms. The first-order valence-electron chi connectivity index (χ1n) is 4.31. The molecule has 0 aliphatic carbocycles. The normalized spacial score (nSPS) is 10.4. The summed E-state index contributed by atoms with van der Waals surface area (Å²) in [6.07, 6.45) is 0.